The van der Waals surface area contributed by atoms with E-state index in [9.17, 15) is 9.59 Å². The number of rotatable bonds is 7. The van der Waals surface area contributed by atoms with E-state index < -0.39 is 5.97 Å². The molecule has 7 nitrogen and oxygen atoms in total. The van der Waals surface area contributed by atoms with Crippen molar-refractivity contribution in [2.45, 2.75) is 4.34 Å². The highest BCUT2D eigenvalue weighted by molar-refractivity contribution is 8.01. The summed E-state index contributed by atoms with van der Waals surface area (Å²) in [6.45, 7) is -0.132. The number of anilines is 2. The number of hydrogen-bond acceptors (Lipinski definition) is 8. The van der Waals surface area contributed by atoms with Gasteiger partial charge in [0.25, 0.3) is 0 Å². The summed E-state index contributed by atoms with van der Waals surface area (Å²) in [5, 5.41) is 14.2. The van der Waals surface area contributed by atoms with Crippen molar-refractivity contribution in [1.29, 1.82) is 0 Å². The number of hydrogen-bond donors (Lipinski definition) is 2. The van der Waals surface area contributed by atoms with E-state index in [1.54, 1.807) is 0 Å². The third-order valence-electron chi connectivity index (χ3n) is 2.42. The quantitative estimate of drug-likeness (QED) is 0.586. The lowest BCUT2D eigenvalue weighted by molar-refractivity contribution is -0.140. The molecule has 22 heavy (non-hydrogen) atoms. The SMILES string of the molecule is COC(=O)CNC(=O)CSc1nnc(Nc2ccccc2)s1. The van der Waals surface area contributed by atoms with Crippen LogP contribution in [0.15, 0.2) is 34.7 Å². The van der Waals surface area contributed by atoms with Gasteiger partial charge in [-0.25, -0.2) is 0 Å². The number of carbonyl (C=O) groups is 2. The standard InChI is InChI=1S/C13H14N4O3S2/c1-20-11(19)7-14-10(18)8-21-13-17-16-12(22-13)15-9-5-3-2-4-6-9/h2-6H,7-8H2,1H3,(H,14,18)(H,15,16). The maximum atomic E-state index is 11.5. The Kier molecular flexibility index (Phi) is 6.16. The molecule has 0 spiro atoms. The van der Waals surface area contributed by atoms with Crippen LogP contribution < -0.4 is 10.6 Å². The number of amides is 1. The molecule has 0 unspecified atom stereocenters. The first-order valence-corrected chi connectivity index (χ1v) is 8.09. The molecule has 9 heteroatoms. The molecule has 1 aromatic heterocycles. The summed E-state index contributed by atoms with van der Waals surface area (Å²) in [6, 6.07) is 9.62. The number of esters is 1. The molecule has 0 aliphatic carbocycles. The second kappa shape index (κ2) is 8.35. The number of aromatic nitrogens is 2. The maximum Gasteiger partial charge on any atom is 0.325 e. The predicted octanol–water partition coefficient (Wildman–Crippen LogP) is 1.66. The first kappa shape index (κ1) is 16.2. The van der Waals surface area contributed by atoms with Gasteiger partial charge in [0.05, 0.1) is 12.9 Å². The number of thioether (sulfide) groups is 1. The summed E-state index contributed by atoms with van der Waals surface area (Å²) in [6.07, 6.45) is 0. The van der Waals surface area contributed by atoms with E-state index in [4.69, 9.17) is 0 Å². The summed E-state index contributed by atoms with van der Waals surface area (Å²) < 4.78 is 5.11. The van der Waals surface area contributed by atoms with E-state index in [1.807, 2.05) is 30.3 Å². The Balaban J connectivity index is 1.77. The van der Waals surface area contributed by atoms with Crippen LogP contribution in [0.4, 0.5) is 10.8 Å². The molecule has 1 amide bonds. The molecule has 2 rings (SSSR count). The zero-order valence-electron chi connectivity index (χ0n) is 11.7. The number of benzene rings is 1. The highest BCUT2D eigenvalue weighted by atomic mass is 32.2. The molecule has 0 aliphatic rings. The zero-order valence-corrected chi connectivity index (χ0v) is 13.4. The lowest BCUT2D eigenvalue weighted by Crippen LogP contribution is -2.31. The van der Waals surface area contributed by atoms with Gasteiger partial charge in [0.15, 0.2) is 4.34 Å². The van der Waals surface area contributed by atoms with Gasteiger partial charge in [-0.15, -0.1) is 10.2 Å². The number of ether oxygens (including phenoxy) is 1. The third-order valence-corrected chi connectivity index (χ3v) is 4.39. The minimum absolute atomic E-state index is 0.132. The molecule has 0 atom stereocenters. The summed E-state index contributed by atoms with van der Waals surface area (Å²) in [5.41, 5.74) is 0.922. The van der Waals surface area contributed by atoms with Crippen LogP contribution >= 0.6 is 23.1 Å². The Labute approximate surface area is 135 Å². The Bertz CT molecular complexity index is 633. The van der Waals surface area contributed by atoms with Crippen molar-refractivity contribution in [1.82, 2.24) is 15.5 Å². The molecular weight excluding hydrogens is 324 g/mol. The van der Waals surface area contributed by atoms with Crippen LogP contribution in [0.1, 0.15) is 0 Å². The van der Waals surface area contributed by atoms with Crippen molar-refractivity contribution in [3.63, 3.8) is 0 Å². The highest BCUT2D eigenvalue weighted by Gasteiger charge is 2.09. The van der Waals surface area contributed by atoms with E-state index in [0.29, 0.717) is 9.47 Å². The normalized spacial score (nSPS) is 10.0. The van der Waals surface area contributed by atoms with Gasteiger partial charge in [-0.2, -0.15) is 0 Å². The lowest BCUT2D eigenvalue weighted by Gasteiger charge is -2.02. The second-order valence-corrected chi connectivity index (χ2v) is 6.21. The maximum absolute atomic E-state index is 11.5. The van der Waals surface area contributed by atoms with Crippen LogP contribution in [0.2, 0.25) is 0 Å². The molecule has 0 bridgehead atoms. The van der Waals surface area contributed by atoms with Crippen LogP contribution in [0.5, 0.6) is 0 Å². The minimum Gasteiger partial charge on any atom is -0.468 e. The molecule has 1 heterocycles. The summed E-state index contributed by atoms with van der Waals surface area (Å²) in [5.74, 6) is -0.580. The van der Waals surface area contributed by atoms with Crippen LogP contribution in [-0.4, -0.2) is 41.5 Å². The molecule has 0 aliphatic heterocycles. The second-order valence-electron chi connectivity index (χ2n) is 4.01. The molecule has 2 aromatic rings. The fourth-order valence-electron chi connectivity index (χ4n) is 1.38. The van der Waals surface area contributed by atoms with Crippen molar-refractivity contribution < 1.29 is 14.3 Å². The average molecular weight is 338 g/mol. The monoisotopic (exact) mass is 338 g/mol. The van der Waals surface area contributed by atoms with Gasteiger partial charge in [0, 0.05) is 5.69 Å². The zero-order chi connectivity index (χ0) is 15.8. The Morgan fingerprint density at radius 1 is 1.27 bits per heavy atom. The Morgan fingerprint density at radius 3 is 2.77 bits per heavy atom. The van der Waals surface area contributed by atoms with Crippen molar-refractivity contribution >= 4 is 45.8 Å². The molecule has 1 aromatic carbocycles. The van der Waals surface area contributed by atoms with E-state index in [2.05, 4.69) is 25.6 Å². The van der Waals surface area contributed by atoms with Crippen molar-refractivity contribution in [3.05, 3.63) is 30.3 Å². The molecule has 0 saturated heterocycles. The van der Waals surface area contributed by atoms with Crippen LogP contribution in [0.25, 0.3) is 0 Å². The third kappa shape index (κ3) is 5.34. The number of carbonyl (C=O) groups excluding carboxylic acids is 2. The number of methoxy groups -OCH3 is 1. The van der Waals surface area contributed by atoms with Crippen molar-refractivity contribution in [2.75, 3.05) is 24.7 Å². The van der Waals surface area contributed by atoms with Crippen LogP contribution in [-0.2, 0) is 14.3 Å². The van der Waals surface area contributed by atoms with Gasteiger partial charge in [-0.3, -0.25) is 9.59 Å². The molecule has 116 valence electrons. The van der Waals surface area contributed by atoms with E-state index in [0.717, 1.165) is 5.69 Å². The van der Waals surface area contributed by atoms with Crippen LogP contribution in [0.3, 0.4) is 0 Å². The van der Waals surface area contributed by atoms with E-state index in [-0.39, 0.29) is 18.2 Å². The van der Waals surface area contributed by atoms with Gasteiger partial charge in [0.1, 0.15) is 6.54 Å². The smallest absolute Gasteiger partial charge is 0.325 e. The van der Waals surface area contributed by atoms with Gasteiger partial charge < -0.3 is 15.4 Å². The predicted molar refractivity (Wildman–Crippen MR) is 85.4 cm³/mol. The minimum atomic E-state index is -0.483. The first-order chi connectivity index (χ1) is 10.7. The molecular formula is C13H14N4O3S2. The summed E-state index contributed by atoms with van der Waals surface area (Å²) >= 11 is 2.62. The number of nitrogens with one attached hydrogen (secondary N) is 2. The van der Waals surface area contributed by atoms with Gasteiger partial charge >= 0.3 is 5.97 Å². The topological polar surface area (TPSA) is 93.2 Å². The number of nitrogens with zero attached hydrogens (tertiary/aromatic N) is 2. The average Bonchev–Trinajstić information content (AvgIpc) is 2.99. The fourth-order valence-corrected chi connectivity index (χ4v) is 2.99. The largest absolute Gasteiger partial charge is 0.468 e. The molecule has 2 N–H and O–H groups in total. The van der Waals surface area contributed by atoms with E-state index >= 15 is 0 Å². The Hall–Kier alpha value is -2.13. The summed E-state index contributed by atoms with van der Waals surface area (Å²) in [7, 11) is 1.27. The van der Waals surface area contributed by atoms with Crippen molar-refractivity contribution in [2.24, 2.45) is 0 Å². The van der Waals surface area contributed by atoms with Crippen molar-refractivity contribution in [3.8, 4) is 0 Å². The highest BCUT2D eigenvalue weighted by Crippen LogP contribution is 2.27. The molecule has 0 saturated carbocycles. The molecule has 0 radical (unpaired) electrons. The van der Waals surface area contributed by atoms with Gasteiger partial charge in [0.2, 0.25) is 11.0 Å². The Morgan fingerprint density at radius 2 is 2.05 bits per heavy atom. The van der Waals surface area contributed by atoms with E-state index in [1.165, 1.54) is 30.2 Å². The fraction of sp³-hybridized carbons (Fsp3) is 0.231. The first-order valence-electron chi connectivity index (χ1n) is 6.29. The number of para-hydroxylation sites is 1. The van der Waals surface area contributed by atoms with Gasteiger partial charge in [-0.05, 0) is 12.1 Å². The summed E-state index contributed by atoms with van der Waals surface area (Å²) in [4.78, 5) is 22.4. The lowest BCUT2D eigenvalue weighted by atomic mass is 10.3. The van der Waals surface area contributed by atoms with Gasteiger partial charge in [-0.1, -0.05) is 41.3 Å². The van der Waals surface area contributed by atoms with Crippen LogP contribution in [0, 0.1) is 0 Å². The molecule has 0 fully saturated rings.